The third-order valence-electron chi connectivity index (χ3n) is 3.64. The molecule has 0 aliphatic rings. The van der Waals surface area contributed by atoms with Crippen molar-refractivity contribution in [3.63, 3.8) is 0 Å². The van der Waals surface area contributed by atoms with E-state index in [4.69, 9.17) is 9.47 Å². The van der Waals surface area contributed by atoms with Gasteiger partial charge in [0.1, 0.15) is 17.2 Å². The van der Waals surface area contributed by atoms with E-state index in [9.17, 15) is 9.59 Å². The van der Waals surface area contributed by atoms with Gasteiger partial charge in [-0.05, 0) is 48.5 Å². The van der Waals surface area contributed by atoms with Gasteiger partial charge in [0.05, 0.1) is 25.9 Å². The number of ketones is 1. The van der Waals surface area contributed by atoms with Gasteiger partial charge in [-0.15, -0.1) is 0 Å². The first-order valence-electron chi connectivity index (χ1n) is 7.59. The van der Waals surface area contributed by atoms with Crippen molar-refractivity contribution in [3.05, 3.63) is 54.1 Å². The minimum absolute atomic E-state index is 0.243. The quantitative estimate of drug-likeness (QED) is 0.530. The first-order valence-corrected chi connectivity index (χ1v) is 8.32. The Morgan fingerprint density at radius 3 is 2.04 bits per heavy atom. The summed E-state index contributed by atoms with van der Waals surface area (Å²) >= 11 is 0.952. The Labute approximate surface area is 153 Å². The van der Waals surface area contributed by atoms with Crippen LogP contribution in [0.5, 0.6) is 11.5 Å². The molecule has 2 aromatic carbocycles. The Bertz CT molecular complexity index is 920. The second-order valence-electron chi connectivity index (χ2n) is 5.20. The zero-order chi connectivity index (χ0) is 18.5. The second-order valence-corrected chi connectivity index (χ2v) is 5.73. The summed E-state index contributed by atoms with van der Waals surface area (Å²) in [6.45, 7) is 0. The zero-order valence-corrected chi connectivity index (χ0v) is 14.9. The summed E-state index contributed by atoms with van der Waals surface area (Å²) in [5, 5.41) is 2.53. The topological polar surface area (TPSA) is 90.4 Å². The molecule has 0 atom stereocenters. The number of carbonyl (C=O) groups excluding carboxylic acids is 2. The van der Waals surface area contributed by atoms with Gasteiger partial charge in [-0.2, -0.15) is 8.75 Å². The predicted octanol–water partition coefficient (Wildman–Crippen LogP) is 3.04. The summed E-state index contributed by atoms with van der Waals surface area (Å²) in [5.41, 5.74) is 1.51. The molecule has 0 saturated carbocycles. The molecule has 0 aliphatic carbocycles. The van der Waals surface area contributed by atoms with Gasteiger partial charge in [0.25, 0.3) is 11.7 Å². The Balaban J connectivity index is 1.77. The van der Waals surface area contributed by atoms with Crippen LogP contribution in [-0.4, -0.2) is 34.7 Å². The van der Waals surface area contributed by atoms with Crippen LogP contribution in [-0.2, 0) is 4.79 Å². The third-order valence-corrected chi connectivity index (χ3v) is 4.17. The first kappa shape index (κ1) is 17.6. The van der Waals surface area contributed by atoms with Crippen LogP contribution in [0, 0.1) is 0 Å². The highest BCUT2D eigenvalue weighted by Gasteiger charge is 2.20. The van der Waals surface area contributed by atoms with Crippen LogP contribution >= 0.6 is 11.7 Å². The zero-order valence-electron chi connectivity index (χ0n) is 14.1. The highest BCUT2D eigenvalue weighted by molar-refractivity contribution is 6.99. The Hall–Kier alpha value is -3.26. The maximum Gasteiger partial charge on any atom is 0.298 e. The van der Waals surface area contributed by atoms with E-state index in [1.54, 1.807) is 43.5 Å². The average Bonchev–Trinajstić information content (AvgIpc) is 3.15. The van der Waals surface area contributed by atoms with Gasteiger partial charge in [0.2, 0.25) is 0 Å². The molecule has 0 unspecified atom stereocenters. The third kappa shape index (κ3) is 3.70. The van der Waals surface area contributed by atoms with Crippen LogP contribution in [0.2, 0.25) is 0 Å². The number of anilines is 1. The summed E-state index contributed by atoms with van der Waals surface area (Å²) in [4.78, 5) is 24.6. The lowest BCUT2D eigenvalue weighted by molar-refractivity contribution is -0.112. The predicted molar refractivity (Wildman–Crippen MR) is 97.9 cm³/mol. The van der Waals surface area contributed by atoms with Crippen LogP contribution in [0.15, 0.2) is 48.5 Å². The number of nitrogens with zero attached hydrogens (tertiary/aromatic N) is 2. The molecule has 1 heterocycles. The van der Waals surface area contributed by atoms with Crippen LogP contribution in [0.3, 0.4) is 0 Å². The molecular weight excluding hydrogens is 354 g/mol. The number of rotatable bonds is 6. The molecule has 0 aliphatic heterocycles. The van der Waals surface area contributed by atoms with Gasteiger partial charge in [-0.1, -0.05) is 0 Å². The van der Waals surface area contributed by atoms with Crippen LogP contribution in [0.1, 0.15) is 10.4 Å². The highest BCUT2D eigenvalue weighted by Crippen LogP contribution is 2.27. The van der Waals surface area contributed by atoms with E-state index in [-0.39, 0.29) is 11.4 Å². The molecule has 3 aromatic rings. The van der Waals surface area contributed by atoms with E-state index in [2.05, 4.69) is 14.1 Å². The average molecular weight is 369 g/mol. The van der Waals surface area contributed by atoms with E-state index < -0.39 is 11.7 Å². The molecular formula is C18H15N3O4S. The maximum absolute atomic E-state index is 12.3. The minimum Gasteiger partial charge on any atom is -0.497 e. The molecule has 0 radical (unpaired) electrons. The highest BCUT2D eigenvalue weighted by atomic mass is 32.1. The van der Waals surface area contributed by atoms with Crippen molar-refractivity contribution < 1.29 is 19.1 Å². The molecule has 0 fully saturated rings. The maximum atomic E-state index is 12.3. The van der Waals surface area contributed by atoms with E-state index >= 15 is 0 Å². The number of benzene rings is 2. The molecule has 0 bridgehead atoms. The SMILES string of the molecule is COc1ccc(C(=O)C(=O)Nc2nsnc2-c2ccc(OC)cc2)cc1. The van der Waals surface area contributed by atoms with Crippen LogP contribution in [0.4, 0.5) is 5.82 Å². The molecule has 3 rings (SSSR count). The number of nitrogens with one attached hydrogen (secondary N) is 1. The molecule has 0 spiro atoms. The van der Waals surface area contributed by atoms with Gasteiger partial charge in [-0.25, -0.2) is 0 Å². The normalized spacial score (nSPS) is 10.2. The van der Waals surface area contributed by atoms with Gasteiger partial charge >= 0.3 is 0 Å². The lowest BCUT2D eigenvalue weighted by Gasteiger charge is -2.05. The van der Waals surface area contributed by atoms with Crippen molar-refractivity contribution in [2.24, 2.45) is 0 Å². The van der Waals surface area contributed by atoms with Crippen LogP contribution < -0.4 is 14.8 Å². The first-order chi connectivity index (χ1) is 12.6. The van der Waals surface area contributed by atoms with Crippen LogP contribution in [0.25, 0.3) is 11.3 Å². The summed E-state index contributed by atoms with van der Waals surface area (Å²) in [6.07, 6.45) is 0. The van der Waals surface area contributed by atoms with E-state index in [1.165, 1.54) is 19.2 Å². The second kappa shape index (κ2) is 7.75. The van der Waals surface area contributed by atoms with E-state index in [1.807, 2.05) is 0 Å². The summed E-state index contributed by atoms with van der Waals surface area (Å²) < 4.78 is 18.4. The largest absolute Gasteiger partial charge is 0.497 e. The number of ether oxygens (including phenoxy) is 2. The fourth-order valence-electron chi connectivity index (χ4n) is 2.25. The van der Waals surface area contributed by atoms with E-state index in [0.717, 1.165) is 17.3 Å². The number of amides is 1. The van der Waals surface area contributed by atoms with Gasteiger partial charge in [-0.3, -0.25) is 9.59 Å². The van der Waals surface area contributed by atoms with Crippen molar-refractivity contribution in [1.29, 1.82) is 0 Å². The molecule has 1 N–H and O–H groups in total. The molecule has 0 saturated heterocycles. The summed E-state index contributed by atoms with van der Waals surface area (Å²) in [7, 11) is 3.11. The fraction of sp³-hybridized carbons (Fsp3) is 0.111. The standard InChI is InChI=1S/C18H15N3O4S/c1-24-13-7-3-11(4-8-13)15-17(21-26-20-15)19-18(23)16(22)12-5-9-14(25-2)10-6-12/h3-10H,1-2H3,(H,19,21,23). The fourth-order valence-corrected chi connectivity index (χ4v) is 2.77. The van der Waals surface area contributed by atoms with Crippen molar-refractivity contribution in [2.45, 2.75) is 0 Å². The molecule has 7 nitrogen and oxygen atoms in total. The summed E-state index contributed by atoms with van der Waals surface area (Å²) in [6, 6.07) is 13.5. The molecule has 1 aromatic heterocycles. The van der Waals surface area contributed by atoms with Gasteiger partial charge in [0.15, 0.2) is 5.82 Å². The number of Topliss-reactive ketones (excluding diaryl/α,β-unsaturated/α-hetero) is 1. The van der Waals surface area contributed by atoms with E-state index in [0.29, 0.717) is 17.2 Å². The Morgan fingerprint density at radius 1 is 0.885 bits per heavy atom. The Morgan fingerprint density at radius 2 is 1.46 bits per heavy atom. The molecule has 132 valence electrons. The smallest absolute Gasteiger partial charge is 0.298 e. The van der Waals surface area contributed by atoms with Gasteiger partial charge in [0, 0.05) is 11.1 Å². The lowest BCUT2D eigenvalue weighted by Crippen LogP contribution is -2.23. The monoisotopic (exact) mass is 369 g/mol. The van der Waals surface area contributed by atoms with Crippen molar-refractivity contribution in [2.75, 3.05) is 19.5 Å². The van der Waals surface area contributed by atoms with Crippen molar-refractivity contribution >= 4 is 29.2 Å². The summed E-state index contributed by atoms with van der Waals surface area (Å²) in [5.74, 6) is 0.107. The van der Waals surface area contributed by atoms with Gasteiger partial charge < -0.3 is 14.8 Å². The Kier molecular flexibility index (Phi) is 5.23. The molecule has 1 amide bonds. The lowest BCUT2D eigenvalue weighted by atomic mass is 10.1. The number of aromatic nitrogens is 2. The number of carbonyl (C=O) groups is 2. The molecule has 8 heteroatoms. The molecule has 26 heavy (non-hydrogen) atoms. The number of hydrogen-bond donors (Lipinski definition) is 1. The number of methoxy groups -OCH3 is 2. The number of hydrogen-bond acceptors (Lipinski definition) is 7. The minimum atomic E-state index is -0.780. The van der Waals surface area contributed by atoms with Crippen molar-refractivity contribution in [1.82, 2.24) is 8.75 Å². The van der Waals surface area contributed by atoms with Crippen molar-refractivity contribution in [3.8, 4) is 22.8 Å².